The number of aromatic amines is 1. The summed E-state index contributed by atoms with van der Waals surface area (Å²) < 4.78 is 39.4. The first-order valence-electron chi connectivity index (χ1n) is 11.7. The third-order valence-corrected chi connectivity index (χ3v) is 6.96. The van der Waals surface area contributed by atoms with Gasteiger partial charge in [0.15, 0.2) is 11.4 Å². The van der Waals surface area contributed by atoms with E-state index in [9.17, 15) is 27.9 Å². The number of nitrogens with zero attached hydrogens (tertiary/aromatic N) is 1. The monoisotopic (exact) mass is 526 g/mol. The fourth-order valence-electron chi connectivity index (χ4n) is 4.89. The predicted octanol–water partition coefficient (Wildman–Crippen LogP) is 6.28. The van der Waals surface area contributed by atoms with Crippen LogP contribution in [0.1, 0.15) is 39.9 Å². The Balaban J connectivity index is 1.36. The molecule has 0 unspecified atom stereocenters. The van der Waals surface area contributed by atoms with E-state index in [1.54, 1.807) is 30.3 Å². The quantitative estimate of drug-likeness (QED) is 0.278. The molecular formula is C28H22ClF3N2O3. The van der Waals surface area contributed by atoms with Crippen LogP contribution in [0.25, 0.3) is 10.9 Å². The molecule has 0 bridgehead atoms. The molecule has 0 saturated heterocycles. The SMILES string of the molecule is O=C(C[C@]1(O)C(=O)N(CCCc2c[nH]c3ccc(Cl)cc23)c2ccccc21)c1cccc(C(F)(F)F)c1. The number of amides is 1. The lowest BCUT2D eigenvalue weighted by atomic mass is 9.88. The summed E-state index contributed by atoms with van der Waals surface area (Å²) in [6.07, 6.45) is -2.19. The number of alkyl halides is 3. The Bertz CT molecular complexity index is 1510. The van der Waals surface area contributed by atoms with Crippen LogP contribution in [0.5, 0.6) is 0 Å². The predicted molar refractivity (Wildman–Crippen MR) is 135 cm³/mol. The van der Waals surface area contributed by atoms with Crippen molar-refractivity contribution in [2.24, 2.45) is 0 Å². The minimum absolute atomic E-state index is 0.218. The smallest absolute Gasteiger partial charge is 0.375 e. The molecular weight excluding hydrogens is 505 g/mol. The normalized spacial score (nSPS) is 17.4. The van der Waals surface area contributed by atoms with E-state index >= 15 is 0 Å². The number of para-hydroxylation sites is 1. The average Bonchev–Trinajstić information content (AvgIpc) is 3.36. The van der Waals surface area contributed by atoms with Crippen LogP contribution in [-0.4, -0.2) is 28.3 Å². The number of rotatable bonds is 7. The number of carbonyl (C=O) groups excluding carboxylic acids is 2. The molecule has 0 saturated carbocycles. The van der Waals surface area contributed by atoms with Crippen molar-refractivity contribution in [2.45, 2.75) is 31.0 Å². The fraction of sp³-hybridized carbons (Fsp3) is 0.214. The molecule has 1 aliphatic heterocycles. The molecule has 1 aliphatic rings. The molecule has 0 radical (unpaired) electrons. The lowest BCUT2D eigenvalue weighted by Crippen LogP contribution is -2.42. The second-order valence-corrected chi connectivity index (χ2v) is 9.56. The van der Waals surface area contributed by atoms with Gasteiger partial charge in [-0.25, -0.2) is 0 Å². The molecule has 0 fully saturated rings. The zero-order valence-corrected chi connectivity index (χ0v) is 20.2. The van der Waals surface area contributed by atoms with Crippen molar-refractivity contribution < 1.29 is 27.9 Å². The number of fused-ring (bicyclic) bond motifs is 2. The minimum Gasteiger partial charge on any atom is -0.375 e. The number of benzene rings is 3. The number of aromatic nitrogens is 1. The number of nitrogens with one attached hydrogen (secondary N) is 1. The van der Waals surface area contributed by atoms with Crippen LogP contribution < -0.4 is 4.90 Å². The van der Waals surface area contributed by atoms with Gasteiger partial charge in [0.05, 0.1) is 17.7 Å². The molecule has 9 heteroatoms. The van der Waals surface area contributed by atoms with Gasteiger partial charge in [0, 0.05) is 39.8 Å². The van der Waals surface area contributed by atoms with Crippen molar-refractivity contribution in [1.82, 2.24) is 4.98 Å². The number of hydrogen-bond donors (Lipinski definition) is 2. The van der Waals surface area contributed by atoms with E-state index < -0.39 is 35.5 Å². The molecule has 3 aromatic carbocycles. The van der Waals surface area contributed by atoms with E-state index in [0.29, 0.717) is 23.6 Å². The van der Waals surface area contributed by atoms with Gasteiger partial charge < -0.3 is 15.0 Å². The molecule has 4 aromatic rings. The highest BCUT2D eigenvalue weighted by Gasteiger charge is 2.50. The zero-order chi connectivity index (χ0) is 26.4. The second-order valence-electron chi connectivity index (χ2n) is 9.12. The highest BCUT2D eigenvalue weighted by atomic mass is 35.5. The summed E-state index contributed by atoms with van der Waals surface area (Å²) in [5, 5.41) is 13.1. The van der Waals surface area contributed by atoms with Crippen LogP contribution in [0.15, 0.2) is 72.9 Å². The zero-order valence-electron chi connectivity index (χ0n) is 19.5. The topological polar surface area (TPSA) is 73.4 Å². The lowest BCUT2D eigenvalue weighted by molar-refractivity contribution is -0.137. The Morgan fingerprint density at radius 2 is 1.84 bits per heavy atom. The number of aryl methyl sites for hydroxylation is 1. The number of Topliss-reactive ketones (excluding diaryl/α,β-unsaturated/α-hetero) is 1. The summed E-state index contributed by atoms with van der Waals surface area (Å²) in [6.45, 7) is 0.281. The van der Waals surface area contributed by atoms with Gasteiger partial charge in [-0.15, -0.1) is 0 Å². The average molecular weight is 527 g/mol. The molecule has 5 rings (SSSR count). The van der Waals surface area contributed by atoms with Gasteiger partial charge in [0.2, 0.25) is 0 Å². The summed E-state index contributed by atoms with van der Waals surface area (Å²) in [7, 11) is 0. The fourth-order valence-corrected chi connectivity index (χ4v) is 5.06. The van der Waals surface area contributed by atoms with Crippen LogP contribution in [0.4, 0.5) is 18.9 Å². The molecule has 0 spiro atoms. The number of ketones is 1. The molecule has 0 aliphatic carbocycles. The first-order valence-corrected chi connectivity index (χ1v) is 12.1. The van der Waals surface area contributed by atoms with E-state index in [1.165, 1.54) is 11.0 Å². The maximum absolute atomic E-state index is 13.4. The first kappa shape index (κ1) is 25.0. The number of aliphatic hydroxyl groups is 1. The Morgan fingerprint density at radius 1 is 1.05 bits per heavy atom. The number of hydrogen-bond acceptors (Lipinski definition) is 3. The summed E-state index contributed by atoms with van der Waals surface area (Å²) in [4.78, 5) is 31.0. The maximum Gasteiger partial charge on any atom is 0.416 e. The molecule has 5 nitrogen and oxygen atoms in total. The summed E-state index contributed by atoms with van der Waals surface area (Å²) in [6, 6.07) is 16.2. The van der Waals surface area contributed by atoms with E-state index in [1.807, 2.05) is 18.3 Å². The third-order valence-electron chi connectivity index (χ3n) is 6.72. The highest BCUT2D eigenvalue weighted by molar-refractivity contribution is 6.31. The van der Waals surface area contributed by atoms with Gasteiger partial charge in [0.25, 0.3) is 5.91 Å². The van der Waals surface area contributed by atoms with Gasteiger partial charge in [-0.2, -0.15) is 13.2 Å². The van der Waals surface area contributed by atoms with Crippen LogP contribution in [0, 0.1) is 0 Å². The lowest BCUT2D eigenvalue weighted by Gasteiger charge is -2.23. The Labute approximate surface area is 215 Å². The molecule has 2 N–H and O–H groups in total. The number of anilines is 1. The Hall–Kier alpha value is -3.62. The van der Waals surface area contributed by atoms with Crippen molar-refractivity contribution in [3.8, 4) is 0 Å². The van der Waals surface area contributed by atoms with Crippen LogP contribution >= 0.6 is 11.6 Å². The van der Waals surface area contributed by atoms with Gasteiger partial charge in [-0.3, -0.25) is 9.59 Å². The Kier molecular flexibility index (Phi) is 6.33. The van der Waals surface area contributed by atoms with Gasteiger partial charge in [0.1, 0.15) is 0 Å². The van der Waals surface area contributed by atoms with Crippen LogP contribution in [0.3, 0.4) is 0 Å². The molecule has 1 atom stereocenters. The summed E-state index contributed by atoms with van der Waals surface area (Å²) in [5.74, 6) is -1.43. The maximum atomic E-state index is 13.4. The van der Waals surface area contributed by atoms with Crippen molar-refractivity contribution in [3.05, 3.63) is 100 Å². The third kappa shape index (κ3) is 4.63. The van der Waals surface area contributed by atoms with E-state index in [0.717, 1.165) is 34.7 Å². The summed E-state index contributed by atoms with van der Waals surface area (Å²) >= 11 is 6.13. The molecule has 2 heterocycles. The van der Waals surface area contributed by atoms with Gasteiger partial charge in [-0.1, -0.05) is 41.9 Å². The van der Waals surface area contributed by atoms with Crippen molar-refractivity contribution in [3.63, 3.8) is 0 Å². The van der Waals surface area contributed by atoms with E-state index in [-0.39, 0.29) is 17.7 Å². The second kappa shape index (κ2) is 9.36. The number of halogens is 4. The first-order chi connectivity index (χ1) is 17.6. The van der Waals surface area contributed by atoms with Crippen LogP contribution in [-0.2, 0) is 23.0 Å². The Morgan fingerprint density at radius 3 is 2.62 bits per heavy atom. The molecule has 37 heavy (non-hydrogen) atoms. The van der Waals surface area contributed by atoms with Gasteiger partial charge in [-0.05, 0) is 54.8 Å². The number of H-pyrrole nitrogens is 1. The highest BCUT2D eigenvalue weighted by Crippen LogP contribution is 2.43. The molecule has 1 amide bonds. The summed E-state index contributed by atoms with van der Waals surface area (Å²) in [5.41, 5.74) is -0.630. The standard InChI is InChI=1S/C28H22ClF3N2O3/c29-20-10-11-23-21(14-20)18(16-33-23)6-4-12-34-24-9-2-1-8-22(24)27(37,26(34)36)15-25(35)17-5-3-7-19(13-17)28(30,31)32/h1-3,5,7-11,13-14,16,33,37H,4,6,12,15H2/t27-/m1/s1. The van der Waals surface area contributed by atoms with Crippen LogP contribution in [0.2, 0.25) is 5.02 Å². The molecule has 1 aromatic heterocycles. The van der Waals surface area contributed by atoms with E-state index in [2.05, 4.69) is 4.98 Å². The van der Waals surface area contributed by atoms with Gasteiger partial charge >= 0.3 is 6.18 Å². The van der Waals surface area contributed by atoms with Crippen molar-refractivity contribution >= 4 is 39.9 Å². The number of carbonyl (C=O) groups is 2. The largest absolute Gasteiger partial charge is 0.416 e. The van der Waals surface area contributed by atoms with Crippen molar-refractivity contribution in [1.29, 1.82) is 0 Å². The van der Waals surface area contributed by atoms with E-state index in [4.69, 9.17) is 11.6 Å². The molecule has 190 valence electrons. The minimum atomic E-state index is -4.62. The van der Waals surface area contributed by atoms with Crippen molar-refractivity contribution in [2.75, 3.05) is 11.4 Å².